The number of aromatic nitrogens is 2. The van der Waals surface area contributed by atoms with Gasteiger partial charge in [0.25, 0.3) is 5.91 Å². The number of benzene rings is 2. The van der Waals surface area contributed by atoms with Gasteiger partial charge in [0, 0.05) is 35.6 Å². The number of nitrogens with zero attached hydrogens (tertiary/aromatic N) is 3. The number of halogens is 1. The summed E-state index contributed by atoms with van der Waals surface area (Å²) in [6, 6.07) is 13.9. The van der Waals surface area contributed by atoms with E-state index in [1.807, 2.05) is 6.92 Å². The summed E-state index contributed by atoms with van der Waals surface area (Å²) in [6.07, 6.45) is 4.16. The van der Waals surface area contributed by atoms with Gasteiger partial charge in [-0.3, -0.25) is 9.59 Å². The SMILES string of the molecule is C[C@@H]1CCCCN1S(=O)(=O)c1ccc(NC(=O)c2nn(-c3ccc(Cl)cc3)ccc2=O)cc1. The quantitative estimate of drug-likeness (QED) is 0.592. The third kappa shape index (κ3) is 5.00. The van der Waals surface area contributed by atoms with Crippen LogP contribution < -0.4 is 10.7 Å². The Bertz CT molecular complexity index is 1320. The van der Waals surface area contributed by atoms with E-state index in [-0.39, 0.29) is 16.6 Å². The van der Waals surface area contributed by atoms with Gasteiger partial charge in [0.1, 0.15) is 0 Å². The standard InChI is InChI=1S/C23H23ClN4O4S/c1-16-4-2-3-14-28(16)33(31,32)20-11-7-18(8-12-20)25-23(30)22-21(29)13-15-27(26-22)19-9-5-17(24)6-10-19/h5-13,15-16H,2-4,14H2,1H3,(H,25,30)/t16-/m1/s1. The number of nitrogens with one attached hydrogen (secondary N) is 1. The Morgan fingerprint density at radius 3 is 2.42 bits per heavy atom. The van der Waals surface area contributed by atoms with E-state index in [4.69, 9.17) is 11.6 Å². The molecule has 1 saturated heterocycles. The van der Waals surface area contributed by atoms with Gasteiger partial charge >= 0.3 is 0 Å². The number of sulfonamides is 1. The fraction of sp³-hybridized carbons (Fsp3) is 0.261. The van der Waals surface area contributed by atoms with E-state index >= 15 is 0 Å². The minimum absolute atomic E-state index is 0.0462. The second-order valence-electron chi connectivity index (χ2n) is 7.89. The molecule has 1 aliphatic heterocycles. The smallest absolute Gasteiger partial charge is 0.280 e. The topological polar surface area (TPSA) is 101 Å². The highest BCUT2D eigenvalue weighted by atomic mass is 35.5. The molecule has 0 bridgehead atoms. The van der Waals surface area contributed by atoms with Crippen LogP contribution in [-0.4, -0.2) is 41.0 Å². The van der Waals surface area contributed by atoms with Crippen LogP contribution in [0.5, 0.6) is 0 Å². The molecule has 2 heterocycles. The summed E-state index contributed by atoms with van der Waals surface area (Å²) in [6.45, 7) is 2.41. The highest BCUT2D eigenvalue weighted by molar-refractivity contribution is 7.89. The van der Waals surface area contributed by atoms with Crippen molar-refractivity contribution < 1.29 is 13.2 Å². The van der Waals surface area contributed by atoms with Crippen LogP contribution in [0.2, 0.25) is 5.02 Å². The van der Waals surface area contributed by atoms with Crippen LogP contribution in [0.1, 0.15) is 36.7 Å². The molecule has 1 aromatic heterocycles. The minimum atomic E-state index is -3.61. The van der Waals surface area contributed by atoms with Crippen molar-refractivity contribution >= 4 is 33.2 Å². The Kier molecular flexibility index (Phi) is 6.64. The first-order valence-corrected chi connectivity index (χ1v) is 12.4. The normalized spacial score (nSPS) is 17.0. The second-order valence-corrected chi connectivity index (χ2v) is 10.2. The number of hydrogen-bond acceptors (Lipinski definition) is 5. The highest BCUT2D eigenvalue weighted by Gasteiger charge is 2.30. The molecule has 3 aromatic rings. The van der Waals surface area contributed by atoms with Crippen LogP contribution in [-0.2, 0) is 10.0 Å². The van der Waals surface area contributed by atoms with E-state index < -0.39 is 21.4 Å². The molecular formula is C23H23ClN4O4S. The van der Waals surface area contributed by atoms with E-state index in [2.05, 4.69) is 10.4 Å². The lowest BCUT2D eigenvalue weighted by molar-refractivity contribution is 0.101. The van der Waals surface area contributed by atoms with Gasteiger partial charge < -0.3 is 5.32 Å². The van der Waals surface area contributed by atoms with Crippen molar-refractivity contribution in [2.45, 2.75) is 37.1 Å². The number of piperidine rings is 1. The molecule has 1 aliphatic rings. The molecule has 0 spiro atoms. The van der Waals surface area contributed by atoms with Crippen molar-refractivity contribution in [2.75, 3.05) is 11.9 Å². The Morgan fingerprint density at radius 1 is 1.06 bits per heavy atom. The number of amides is 1. The third-order valence-electron chi connectivity index (χ3n) is 5.58. The summed E-state index contributed by atoms with van der Waals surface area (Å²) in [4.78, 5) is 25.1. The average Bonchev–Trinajstić information content (AvgIpc) is 2.80. The summed E-state index contributed by atoms with van der Waals surface area (Å²) in [5, 5.41) is 7.30. The predicted molar refractivity (Wildman–Crippen MR) is 126 cm³/mol. The van der Waals surface area contributed by atoms with Crippen molar-refractivity contribution in [3.8, 4) is 5.69 Å². The molecule has 4 rings (SSSR count). The van der Waals surface area contributed by atoms with Crippen molar-refractivity contribution in [1.82, 2.24) is 14.1 Å². The molecule has 33 heavy (non-hydrogen) atoms. The summed E-state index contributed by atoms with van der Waals surface area (Å²) in [5.41, 5.74) is 0.172. The molecule has 8 nitrogen and oxygen atoms in total. The summed E-state index contributed by atoms with van der Waals surface area (Å²) >= 11 is 5.90. The highest BCUT2D eigenvalue weighted by Crippen LogP contribution is 2.26. The number of hydrogen-bond donors (Lipinski definition) is 1. The van der Waals surface area contributed by atoms with Crippen LogP contribution in [0.4, 0.5) is 5.69 Å². The van der Waals surface area contributed by atoms with Crippen molar-refractivity contribution in [2.24, 2.45) is 0 Å². The van der Waals surface area contributed by atoms with Gasteiger partial charge in [0.2, 0.25) is 15.5 Å². The van der Waals surface area contributed by atoms with Gasteiger partial charge in [0.05, 0.1) is 10.6 Å². The maximum Gasteiger partial charge on any atom is 0.280 e. The fourth-order valence-corrected chi connectivity index (χ4v) is 5.59. The maximum atomic E-state index is 13.0. The Balaban J connectivity index is 1.53. The molecule has 10 heteroatoms. The van der Waals surface area contributed by atoms with Gasteiger partial charge in [-0.05, 0) is 68.3 Å². The van der Waals surface area contributed by atoms with Crippen LogP contribution in [0.3, 0.4) is 0 Å². The van der Waals surface area contributed by atoms with E-state index in [1.165, 1.54) is 45.5 Å². The molecule has 1 N–H and O–H groups in total. The zero-order chi connectivity index (χ0) is 23.6. The monoisotopic (exact) mass is 486 g/mol. The Hall–Kier alpha value is -3.01. The molecule has 1 amide bonds. The lowest BCUT2D eigenvalue weighted by atomic mass is 10.1. The first-order chi connectivity index (χ1) is 15.8. The molecule has 0 radical (unpaired) electrons. The summed E-state index contributed by atoms with van der Waals surface area (Å²) in [7, 11) is -3.61. The van der Waals surface area contributed by atoms with Crippen molar-refractivity contribution in [3.63, 3.8) is 0 Å². The summed E-state index contributed by atoms with van der Waals surface area (Å²) < 4.78 is 28.9. The number of rotatable bonds is 5. The Labute approximate surface area is 196 Å². The largest absolute Gasteiger partial charge is 0.320 e. The zero-order valence-corrected chi connectivity index (χ0v) is 19.5. The lowest BCUT2D eigenvalue weighted by Gasteiger charge is -2.32. The molecule has 1 fully saturated rings. The number of carbonyl (C=O) groups excluding carboxylic acids is 1. The van der Waals surface area contributed by atoms with Gasteiger partial charge in [-0.1, -0.05) is 18.0 Å². The van der Waals surface area contributed by atoms with E-state index in [9.17, 15) is 18.0 Å². The first kappa shape index (κ1) is 23.2. The molecule has 172 valence electrons. The van der Waals surface area contributed by atoms with Gasteiger partial charge in [-0.25, -0.2) is 13.1 Å². The van der Waals surface area contributed by atoms with E-state index in [0.29, 0.717) is 22.9 Å². The molecule has 1 atom stereocenters. The molecule has 2 aromatic carbocycles. The van der Waals surface area contributed by atoms with Gasteiger partial charge in [0.15, 0.2) is 5.69 Å². The fourth-order valence-electron chi connectivity index (χ4n) is 3.77. The average molecular weight is 487 g/mol. The van der Waals surface area contributed by atoms with Crippen LogP contribution in [0, 0.1) is 0 Å². The number of anilines is 1. The van der Waals surface area contributed by atoms with Crippen LogP contribution in [0.25, 0.3) is 5.69 Å². The minimum Gasteiger partial charge on any atom is -0.320 e. The molecule has 0 aliphatic carbocycles. The Morgan fingerprint density at radius 2 is 1.76 bits per heavy atom. The number of carbonyl (C=O) groups is 1. The van der Waals surface area contributed by atoms with Gasteiger partial charge in [-0.2, -0.15) is 9.40 Å². The molecular weight excluding hydrogens is 464 g/mol. The maximum absolute atomic E-state index is 13.0. The van der Waals surface area contributed by atoms with Gasteiger partial charge in [-0.15, -0.1) is 0 Å². The van der Waals surface area contributed by atoms with Crippen molar-refractivity contribution in [3.05, 3.63) is 81.7 Å². The predicted octanol–water partition coefficient (Wildman–Crippen LogP) is 3.70. The van der Waals surface area contributed by atoms with Crippen LogP contribution >= 0.6 is 11.6 Å². The molecule has 0 saturated carbocycles. The van der Waals surface area contributed by atoms with E-state index in [1.54, 1.807) is 24.3 Å². The summed E-state index contributed by atoms with van der Waals surface area (Å²) in [5.74, 6) is -0.691. The lowest BCUT2D eigenvalue weighted by Crippen LogP contribution is -2.41. The molecule has 0 unspecified atom stereocenters. The van der Waals surface area contributed by atoms with E-state index in [0.717, 1.165) is 19.3 Å². The second kappa shape index (κ2) is 9.46. The third-order valence-corrected chi connectivity index (χ3v) is 7.86. The van der Waals surface area contributed by atoms with Crippen LogP contribution in [0.15, 0.2) is 70.5 Å². The zero-order valence-electron chi connectivity index (χ0n) is 17.9. The first-order valence-electron chi connectivity index (χ1n) is 10.5. The van der Waals surface area contributed by atoms with Crippen molar-refractivity contribution in [1.29, 1.82) is 0 Å².